The summed E-state index contributed by atoms with van der Waals surface area (Å²) in [5.74, 6) is -3.27. The monoisotopic (exact) mass is 475 g/mol. The maximum atomic E-state index is 15.3. The number of nitrogens with zero attached hydrogens (tertiary/aromatic N) is 3. The zero-order valence-corrected chi connectivity index (χ0v) is 22.6. The highest BCUT2D eigenvalue weighted by molar-refractivity contribution is 4.99. The van der Waals surface area contributed by atoms with Crippen molar-refractivity contribution in [3.8, 4) is 0 Å². The molecular formula is C26H51F2N3O2. The summed E-state index contributed by atoms with van der Waals surface area (Å²) in [6.07, 6.45) is 1.72. The molecule has 0 spiro atoms. The van der Waals surface area contributed by atoms with Crippen molar-refractivity contribution in [3.63, 3.8) is 0 Å². The molecule has 7 heteroatoms. The number of hydrogen-bond donors (Lipinski definition) is 0. The van der Waals surface area contributed by atoms with Gasteiger partial charge in [0.2, 0.25) is 0 Å². The largest absolute Gasteiger partial charge is 0.377 e. The molecular weight excluding hydrogens is 424 g/mol. The van der Waals surface area contributed by atoms with Crippen molar-refractivity contribution in [1.29, 1.82) is 0 Å². The molecule has 0 aromatic heterocycles. The van der Waals surface area contributed by atoms with Crippen LogP contribution in [0.5, 0.6) is 0 Å². The summed E-state index contributed by atoms with van der Waals surface area (Å²) in [6, 6.07) is 0. The van der Waals surface area contributed by atoms with Crippen LogP contribution in [0.3, 0.4) is 0 Å². The molecule has 196 valence electrons. The Hall–Kier alpha value is -0.340. The Kier molecular flexibility index (Phi) is 10.6. The van der Waals surface area contributed by atoms with Gasteiger partial charge in [-0.15, -0.1) is 0 Å². The number of halogens is 2. The van der Waals surface area contributed by atoms with Crippen LogP contribution < -0.4 is 0 Å². The summed E-state index contributed by atoms with van der Waals surface area (Å²) in [5, 5.41) is 0. The molecule has 0 aromatic rings. The Bertz CT molecular complexity index is 576. The molecule has 1 atom stereocenters. The van der Waals surface area contributed by atoms with Crippen molar-refractivity contribution < 1.29 is 18.3 Å². The number of alkyl halides is 2. The zero-order valence-electron chi connectivity index (χ0n) is 22.6. The molecule has 0 aromatic carbocycles. The van der Waals surface area contributed by atoms with E-state index in [2.05, 4.69) is 51.3 Å². The van der Waals surface area contributed by atoms with Crippen molar-refractivity contribution in [2.75, 3.05) is 65.6 Å². The van der Waals surface area contributed by atoms with E-state index in [1.807, 2.05) is 18.7 Å². The minimum atomic E-state index is -2.68. The maximum absolute atomic E-state index is 15.3. The van der Waals surface area contributed by atoms with Gasteiger partial charge in [-0.05, 0) is 66.3 Å². The van der Waals surface area contributed by atoms with Gasteiger partial charge in [-0.2, -0.15) is 0 Å². The Morgan fingerprint density at radius 3 is 1.82 bits per heavy atom. The standard InChI is InChI=1S/C26H51F2N3O2/c1-21(2)32-17-15-29-11-13-31(14-12-29)25(7,8)19-24(5,6)23-9-10-30(20-26(23,27)28)16-18-33-22(3)4/h21-23H,9-20H2,1-8H3. The van der Waals surface area contributed by atoms with Gasteiger partial charge in [-0.1, -0.05) is 13.8 Å². The highest BCUT2D eigenvalue weighted by Gasteiger charge is 2.52. The maximum Gasteiger partial charge on any atom is 0.263 e. The average Bonchev–Trinajstić information content (AvgIpc) is 2.66. The Labute approximate surface area is 202 Å². The first-order valence-corrected chi connectivity index (χ1v) is 13.0. The van der Waals surface area contributed by atoms with E-state index in [9.17, 15) is 0 Å². The number of likely N-dealkylation sites (tertiary alicyclic amines) is 1. The number of piperidine rings is 1. The smallest absolute Gasteiger partial charge is 0.263 e. The van der Waals surface area contributed by atoms with Crippen molar-refractivity contribution in [2.45, 2.75) is 91.9 Å². The van der Waals surface area contributed by atoms with Gasteiger partial charge in [0, 0.05) is 50.7 Å². The van der Waals surface area contributed by atoms with Crippen molar-refractivity contribution in [1.82, 2.24) is 14.7 Å². The lowest BCUT2D eigenvalue weighted by Gasteiger charge is -2.51. The Balaban J connectivity index is 1.88. The van der Waals surface area contributed by atoms with E-state index in [0.29, 0.717) is 19.6 Å². The van der Waals surface area contributed by atoms with Gasteiger partial charge in [0.15, 0.2) is 0 Å². The molecule has 2 heterocycles. The van der Waals surface area contributed by atoms with Gasteiger partial charge in [-0.3, -0.25) is 14.7 Å². The van der Waals surface area contributed by atoms with Crippen LogP contribution in [-0.2, 0) is 9.47 Å². The lowest BCUT2D eigenvalue weighted by Crippen LogP contribution is -2.58. The summed E-state index contributed by atoms with van der Waals surface area (Å²) in [4.78, 5) is 6.83. The van der Waals surface area contributed by atoms with E-state index < -0.39 is 17.3 Å². The van der Waals surface area contributed by atoms with Gasteiger partial charge in [0.05, 0.1) is 32.0 Å². The highest BCUT2D eigenvalue weighted by atomic mass is 19.3. The van der Waals surface area contributed by atoms with Crippen molar-refractivity contribution >= 4 is 0 Å². The molecule has 2 fully saturated rings. The second kappa shape index (κ2) is 12.1. The molecule has 0 aliphatic carbocycles. The lowest BCUT2D eigenvalue weighted by molar-refractivity contribution is -0.157. The van der Waals surface area contributed by atoms with E-state index in [1.54, 1.807) is 0 Å². The Morgan fingerprint density at radius 2 is 1.33 bits per heavy atom. The van der Waals surface area contributed by atoms with Gasteiger partial charge >= 0.3 is 0 Å². The Morgan fingerprint density at radius 1 is 0.818 bits per heavy atom. The summed E-state index contributed by atoms with van der Waals surface area (Å²) in [6.45, 7) is 24.1. The second-order valence-electron chi connectivity index (χ2n) is 12.0. The topological polar surface area (TPSA) is 28.2 Å². The fourth-order valence-electron chi connectivity index (χ4n) is 5.93. The first kappa shape index (κ1) is 28.9. The summed E-state index contributed by atoms with van der Waals surface area (Å²) < 4.78 is 41.9. The van der Waals surface area contributed by atoms with Crippen LogP contribution in [0.1, 0.15) is 68.2 Å². The van der Waals surface area contributed by atoms with E-state index >= 15 is 8.78 Å². The molecule has 1 unspecified atom stereocenters. The third-order valence-corrected chi connectivity index (χ3v) is 7.46. The molecule has 33 heavy (non-hydrogen) atoms. The summed E-state index contributed by atoms with van der Waals surface area (Å²) >= 11 is 0. The summed E-state index contributed by atoms with van der Waals surface area (Å²) in [7, 11) is 0. The van der Waals surface area contributed by atoms with E-state index in [1.165, 1.54) is 0 Å². The van der Waals surface area contributed by atoms with Crippen molar-refractivity contribution in [3.05, 3.63) is 0 Å². The first-order valence-electron chi connectivity index (χ1n) is 13.0. The van der Waals surface area contributed by atoms with Gasteiger partial charge in [0.1, 0.15) is 0 Å². The molecule has 2 aliphatic heterocycles. The minimum absolute atomic E-state index is 0.109. The fraction of sp³-hybridized carbons (Fsp3) is 1.00. The van der Waals surface area contributed by atoms with Crippen LogP contribution >= 0.6 is 0 Å². The molecule has 0 N–H and O–H groups in total. The number of rotatable bonds is 12. The average molecular weight is 476 g/mol. The predicted molar refractivity (Wildman–Crippen MR) is 132 cm³/mol. The third-order valence-electron chi connectivity index (χ3n) is 7.46. The van der Waals surface area contributed by atoms with E-state index in [-0.39, 0.29) is 24.3 Å². The first-order chi connectivity index (χ1) is 15.2. The van der Waals surface area contributed by atoms with E-state index in [4.69, 9.17) is 9.47 Å². The van der Waals surface area contributed by atoms with Crippen LogP contribution in [0.2, 0.25) is 0 Å². The number of piperazine rings is 1. The number of hydrogen-bond acceptors (Lipinski definition) is 5. The third kappa shape index (κ3) is 8.99. The minimum Gasteiger partial charge on any atom is -0.377 e. The zero-order chi connectivity index (χ0) is 24.9. The molecule has 0 saturated carbocycles. The van der Waals surface area contributed by atoms with Gasteiger partial charge in [0.25, 0.3) is 5.92 Å². The summed E-state index contributed by atoms with van der Waals surface area (Å²) in [5.41, 5.74) is -0.544. The number of ether oxygens (including phenoxy) is 2. The molecule has 0 bridgehead atoms. The van der Waals surface area contributed by atoms with Gasteiger partial charge in [-0.25, -0.2) is 8.78 Å². The quantitative estimate of drug-likeness (QED) is 0.411. The van der Waals surface area contributed by atoms with Crippen LogP contribution in [0, 0.1) is 11.3 Å². The SMILES string of the molecule is CC(C)OCCN1CCN(C(C)(C)CC(C)(C)C2CCN(CCOC(C)C)CC2(F)F)CC1. The normalized spacial score (nSPS) is 24.2. The molecule has 2 saturated heterocycles. The molecule has 2 aliphatic rings. The van der Waals surface area contributed by atoms with E-state index in [0.717, 1.165) is 52.3 Å². The van der Waals surface area contributed by atoms with Crippen LogP contribution in [0.15, 0.2) is 0 Å². The predicted octanol–water partition coefficient (Wildman–Crippen LogP) is 4.61. The lowest BCUT2D eigenvalue weighted by atomic mass is 9.66. The van der Waals surface area contributed by atoms with Crippen LogP contribution in [0.4, 0.5) is 8.78 Å². The van der Waals surface area contributed by atoms with Crippen LogP contribution in [-0.4, -0.2) is 104 Å². The van der Waals surface area contributed by atoms with Crippen molar-refractivity contribution in [2.24, 2.45) is 11.3 Å². The molecule has 0 radical (unpaired) electrons. The van der Waals surface area contributed by atoms with Gasteiger partial charge < -0.3 is 9.47 Å². The second-order valence-corrected chi connectivity index (χ2v) is 12.0. The molecule has 5 nitrogen and oxygen atoms in total. The van der Waals surface area contributed by atoms with Crippen LogP contribution in [0.25, 0.3) is 0 Å². The highest BCUT2D eigenvalue weighted by Crippen LogP contribution is 2.48. The fourth-order valence-corrected chi connectivity index (χ4v) is 5.93. The molecule has 0 amide bonds. The molecule has 2 rings (SSSR count).